The van der Waals surface area contributed by atoms with E-state index in [1.165, 1.54) is 0 Å². The molecule has 0 saturated heterocycles. The Bertz CT molecular complexity index is 808. The van der Waals surface area contributed by atoms with E-state index < -0.39 is 11.8 Å². The molecule has 0 aliphatic heterocycles. The number of benzene rings is 2. The van der Waals surface area contributed by atoms with Crippen molar-refractivity contribution in [3.8, 4) is 11.5 Å². The van der Waals surface area contributed by atoms with Crippen molar-refractivity contribution < 1.29 is 19.1 Å². The van der Waals surface area contributed by atoms with Gasteiger partial charge in [-0.15, -0.1) is 0 Å². The van der Waals surface area contributed by atoms with Gasteiger partial charge in [-0.1, -0.05) is 22.0 Å². The van der Waals surface area contributed by atoms with Gasteiger partial charge in [0.2, 0.25) is 0 Å². The Kier molecular flexibility index (Phi) is 7.03. The van der Waals surface area contributed by atoms with Gasteiger partial charge >= 0.3 is 0 Å². The van der Waals surface area contributed by atoms with Gasteiger partial charge in [0.25, 0.3) is 11.8 Å². The maximum atomic E-state index is 11.8. The summed E-state index contributed by atoms with van der Waals surface area (Å²) in [6.45, 7) is 5.44. The second kappa shape index (κ2) is 9.24. The zero-order valence-electron chi connectivity index (χ0n) is 14.9. The first kappa shape index (κ1) is 19.8. The van der Waals surface area contributed by atoms with Crippen molar-refractivity contribution in [2.45, 2.75) is 20.8 Å². The highest BCUT2D eigenvalue weighted by molar-refractivity contribution is 9.10. The van der Waals surface area contributed by atoms with Crippen LogP contribution in [-0.2, 0) is 9.59 Å². The second-order valence-corrected chi connectivity index (χ2v) is 6.75. The van der Waals surface area contributed by atoms with Gasteiger partial charge in [0, 0.05) is 4.47 Å². The van der Waals surface area contributed by atoms with Crippen LogP contribution in [0.3, 0.4) is 0 Å². The lowest BCUT2D eigenvalue weighted by atomic mass is 10.1. The fourth-order valence-electron chi connectivity index (χ4n) is 2.08. The average Bonchev–Trinajstić information content (AvgIpc) is 2.60. The summed E-state index contributed by atoms with van der Waals surface area (Å²) in [5.74, 6) is 0.277. The van der Waals surface area contributed by atoms with Crippen LogP contribution in [0.15, 0.2) is 40.9 Å². The summed E-state index contributed by atoms with van der Waals surface area (Å²) >= 11 is 3.36. The topological polar surface area (TPSA) is 76.7 Å². The lowest BCUT2D eigenvalue weighted by molar-refractivity contribution is -0.131. The molecule has 0 aromatic heterocycles. The van der Waals surface area contributed by atoms with Gasteiger partial charge in [0.05, 0.1) is 0 Å². The third-order valence-electron chi connectivity index (χ3n) is 3.69. The van der Waals surface area contributed by atoms with E-state index in [2.05, 4.69) is 26.8 Å². The number of nitrogens with one attached hydrogen (secondary N) is 2. The molecule has 2 N–H and O–H groups in total. The summed E-state index contributed by atoms with van der Waals surface area (Å²) in [4.78, 5) is 23.5. The molecule has 7 heteroatoms. The van der Waals surface area contributed by atoms with E-state index >= 15 is 0 Å². The first-order valence-electron chi connectivity index (χ1n) is 8.02. The minimum absolute atomic E-state index is 0.199. The van der Waals surface area contributed by atoms with Crippen LogP contribution in [-0.4, -0.2) is 25.0 Å². The number of ether oxygens (including phenoxy) is 2. The lowest BCUT2D eigenvalue weighted by Gasteiger charge is -2.11. The van der Waals surface area contributed by atoms with Crippen molar-refractivity contribution >= 4 is 27.7 Å². The van der Waals surface area contributed by atoms with E-state index in [0.29, 0.717) is 11.5 Å². The highest BCUT2D eigenvalue weighted by Gasteiger charge is 2.08. The fourth-order valence-corrected chi connectivity index (χ4v) is 2.56. The van der Waals surface area contributed by atoms with Crippen LogP contribution in [0, 0.1) is 20.8 Å². The van der Waals surface area contributed by atoms with Crippen LogP contribution in [0.4, 0.5) is 0 Å². The van der Waals surface area contributed by atoms with Gasteiger partial charge < -0.3 is 9.47 Å². The third kappa shape index (κ3) is 6.07. The molecular formula is C19H21BrN2O4. The van der Waals surface area contributed by atoms with Crippen LogP contribution in [0.5, 0.6) is 11.5 Å². The second-order valence-electron chi connectivity index (χ2n) is 5.83. The largest absolute Gasteiger partial charge is 0.484 e. The molecule has 0 fully saturated rings. The van der Waals surface area contributed by atoms with Crippen molar-refractivity contribution in [3.05, 3.63) is 57.6 Å². The molecule has 0 heterocycles. The van der Waals surface area contributed by atoms with Crippen LogP contribution < -0.4 is 20.3 Å². The number of aryl methyl sites for hydroxylation is 3. The Morgan fingerprint density at radius 1 is 0.846 bits per heavy atom. The number of hydrazine groups is 1. The summed E-state index contributed by atoms with van der Waals surface area (Å²) < 4.78 is 11.8. The summed E-state index contributed by atoms with van der Waals surface area (Å²) in [6, 6.07) is 11.1. The zero-order chi connectivity index (χ0) is 19.1. The van der Waals surface area contributed by atoms with Crippen LogP contribution in [0.25, 0.3) is 0 Å². The number of hydrogen-bond acceptors (Lipinski definition) is 4. The summed E-state index contributed by atoms with van der Waals surface area (Å²) in [5.41, 5.74) is 7.70. The van der Waals surface area contributed by atoms with Gasteiger partial charge in [-0.2, -0.15) is 0 Å². The molecule has 26 heavy (non-hydrogen) atoms. The highest BCUT2D eigenvalue weighted by atomic mass is 79.9. The lowest BCUT2D eigenvalue weighted by Crippen LogP contribution is -2.45. The highest BCUT2D eigenvalue weighted by Crippen LogP contribution is 2.22. The molecule has 6 nitrogen and oxygen atoms in total. The molecule has 0 atom stereocenters. The molecule has 0 unspecified atom stereocenters. The minimum Gasteiger partial charge on any atom is -0.484 e. The van der Waals surface area contributed by atoms with E-state index in [9.17, 15) is 9.59 Å². The summed E-state index contributed by atoms with van der Waals surface area (Å²) in [6.07, 6.45) is 0. The number of carbonyl (C=O) groups excluding carboxylic acids is 2. The molecule has 0 saturated carbocycles. The molecule has 0 spiro atoms. The molecule has 2 aromatic carbocycles. The quantitative estimate of drug-likeness (QED) is 0.704. The first-order chi connectivity index (χ1) is 12.3. The van der Waals surface area contributed by atoms with E-state index in [-0.39, 0.29) is 13.2 Å². The van der Waals surface area contributed by atoms with Gasteiger partial charge in [-0.3, -0.25) is 20.4 Å². The number of carbonyl (C=O) groups is 2. The van der Waals surface area contributed by atoms with Gasteiger partial charge in [0.15, 0.2) is 13.2 Å². The number of rotatable bonds is 6. The van der Waals surface area contributed by atoms with Crippen LogP contribution in [0.1, 0.15) is 16.7 Å². The Hall–Kier alpha value is -2.54. The molecule has 0 aliphatic rings. The van der Waals surface area contributed by atoms with Crippen molar-refractivity contribution in [1.29, 1.82) is 0 Å². The molecule has 138 valence electrons. The molecule has 0 radical (unpaired) electrons. The summed E-state index contributed by atoms with van der Waals surface area (Å²) in [5, 5.41) is 0. The van der Waals surface area contributed by atoms with Crippen molar-refractivity contribution in [3.63, 3.8) is 0 Å². The van der Waals surface area contributed by atoms with Crippen molar-refractivity contribution in [2.24, 2.45) is 0 Å². The maximum Gasteiger partial charge on any atom is 0.276 e. The van der Waals surface area contributed by atoms with Crippen LogP contribution >= 0.6 is 15.9 Å². The van der Waals surface area contributed by atoms with E-state index in [4.69, 9.17) is 9.47 Å². The SMILES string of the molecule is Cc1ccc(OCC(=O)NNC(=O)COc2ccc(Br)cc2C)cc1C. The zero-order valence-corrected chi connectivity index (χ0v) is 16.5. The number of amides is 2. The standard InChI is InChI=1S/C19H21BrN2O4/c1-12-4-6-16(9-13(12)2)25-10-18(23)21-22-19(24)11-26-17-7-5-15(20)8-14(17)3/h4-9H,10-11H2,1-3H3,(H,21,23)(H,22,24). The monoisotopic (exact) mass is 420 g/mol. The third-order valence-corrected chi connectivity index (χ3v) is 4.18. The Labute approximate surface area is 161 Å². The van der Waals surface area contributed by atoms with E-state index in [1.807, 2.05) is 45.0 Å². The smallest absolute Gasteiger partial charge is 0.276 e. The van der Waals surface area contributed by atoms with Crippen molar-refractivity contribution in [1.82, 2.24) is 10.9 Å². The fraction of sp³-hybridized carbons (Fsp3) is 0.263. The molecule has 2 amide bonds. The molecule has 0 aliphatic carbocycles. The summed E-state index contributed by atoms with van der Waals surface area (Å²) in [7, 11) is 0. The molecular weight excluding hydrogens is 400 g/mol. The first-order valence-corrected chi connectivity index (χ1v) is 8.81. The molecule has 2 aromatic rings. The normalized spacial score (nSPS) is 10.2. The van der Waals surface area contributed by atoms with E-state index in [0.717, 1.165) is 21.2 Å². The van der Waals surface area contributed by atoms with Crippen LogP contribution in [0.2, 0.25) is 0 Å². The predicted octanol–water partition coefficient (Wildman–Crippen LogP) is 2.98. The van der Waals surface area contributed by atoms with Gasteiger partial charge in [-0.25, -0.2) is 0 Å². The average molecular weight is 421 g/mol. The molecule has 2 rings (SSSR count). The number of hydrogen-bond donors (Lipinski definition) is 2. The van der Waals surface area contributed by atoms with Crippen molar-refractivity contribution in [2.75, 3.05) is 13.2 Å². The number of halogens is 1. The Morgan fingerprint density at radius 2 is 1.50 bits per heavy atom. The Morgan fingerprint density at radius 3 is 2.12 bits per heavy atom. The molecule has 0 bridgehead atoms. The van der Waals surface area contributed by atoms with E-state index in [1.54, 1.807) is 12.1 Å². The minimum atomic E-state index is -0.466. The predicted molar refractivity (Wildman–Crippen MR) is 102 cm³/mol. The Balaban J connectivity index is 1.71. The maximum absolute atomic E-state index is 11.8. The van der Waals surface area contributed by atoms with Gasteiger partial charge in [-0.05, 0) is 67.8 Å². The van der Waals surface area contributed by atoms with Gasteiger partial charge in [0.1, 0.15) is 11.5 Å².